The minimum absolute atomic E-state index is 0.226. The van der Waals surface area contributed by atoms with Crippen LogP contribution in [-0.4, -0.2) is 25.9 Å². The minimum Gasteiger partial charge on any atom is -0.491 e. The van der Waals surface area contributed by atoms with Crippen molar-refractivity contribution in [1.29, 1.82) is 0 Å². The van der Waals surface area contributed by atoms with Crippen LogP contribution in [0, 0.1) is 5.92 Å². The number of benzene rings is 1. The topological polar surface area (TPSA) is 44.5 Å². The van der Waals surface area contributed by atoms with Gasteiger partial charge in [-0.25, -0.2) is 0 Å². The van der Waals surface area contributed by atoms with Crippen molar-refractivity contribution in [3.63, 3.8) is 0 Å². The molecule has 0 aliphatic heterocycles. The molecule has 0 saturated carbocycles. The van der Waals surface area contributed by atoms with Crippen LogP contribution in [0.25, 0.3) is 0 Å². The zero-order chi connectivity index (χ0) is 14.8. The Morgan fingerprint density at radius 1 is 1.15 bits per heavy atom. The average Bonchev–Trinajstić information content (AvgIpc) is 2.42. The smallest absolute Gasteiger partial charge is 0.119 e. The van der Waals surface area contributed by atoms with Crippen LogP contribution in [0.5, 0.6) is 5.75 Å². The SMILES string of the molecule is CCC(N)Cc1cccc(OCCOCCC(C)C)c1. The van der Waals surface area contributed by atoms with Gasteiger partial charge in [-0.05, 0) is 42.9 Å². The number of hydrogen-bond acceptors (Lipinski definition) is 3. The number of hydrogen-bond donors (Lipinski definition) is 1. The molecule has 20 heavy (non-hydrogen) atoms. The molecule has 0 aliphatic rings. The quantitative estimate of drug-likeness (QED) is 0.668. The molecule has 1 aromatic carbocycles. The van der Waals surface area contributed by atoms with Crippen molar-refractivity contribution < 1.29 is 9.47 Å². The predicted octanol–water partition coefficient (Wildman–Crippen LogP) is 3.41. The molecule has 114 valence electrons. The van der Waals surface area contributed by atoms with Crippen molar-refractivity contribution in [2.24, 2.45) is 11.7 Å². The van der Waals surface area contributed by atoms with E-state index in [1.807, 2.05) is 12.1 Å². The summed E-state index contributed by atoms with van der Waals surface area (Å²) < 4.78 is 11.2. The largest absolute Gasteiger partial charge is 0.491 e. The van der Waals surface area contributed by atoms with Crippen LogP contribution in [0.4, 0.5) is 0 Å². The van der Waals surface area contributed by atoms with Crippen molar-refractivity contribution in [3.05, 3.63) is 29.8 Å². The fraction of sp³-hybridized carbons (Fsp3) is 0.647. The third-order valence-electron chi connectivity index (χ3n) is 3.26. The standard InChI is InChI=1S/C17H29NO2/c1-4-16(18)12-15-6-5-7-17(13-15)20-11-10-19-9-8-14(2)3/h5-7,13-14,16H,4,8-12,18H2,1-3H3. The van der Waals surface area contributed by atoms with Gasteiger partial charge in [0.1, 0.15) is 12.4 Å². The molecule has 1 aromatic rings. The first-order valence-corrected chi connectivity index (χ1v) is 7.66. The van der Waals surface area contributed by atoms with E-state index in [4.69, 9.17) is 15.2 Å². The van der Waals surface area contributed by atoms with Gasteiger partial charge in [0.2, 0.25) is 0 Å². The summed E-state index contributed by atoms with van der Waals surface area (Å²) in [7, 11) is 0. The molecular weight excluding hydrogens is 250 g/mol. The minimum atomic E-state index is 0.226. The van der Waals surface area contributed by atoms with E-state index in [2.05, 4.69) is 32.9 Å². The molecule has 0 heterocycles. The molecule has 3 nitrogen and oxygen atoms in total. The highest BCUT2D eigenvalue weighted by atomic mass is 16.5. The van der Waals surface area contributed by atoms with Gasteiger partial charge >= 0.3 is 0 Å². The Morgan fingerprint density at radius 2 is 1.95 bits per heavy atom. The van der Waals surface area contributed by atoms with Gasteiger partial charge in [0.25, 0.3) is 0 Å². The molecule has 0 saturated heterocycles. The Balaban J connectivity index is 2.25. The fourth-order valence-corrected chi connectivity index (χ4v) is 1.85. The first-order chi connectivity index (χ1) is 9.61. The summed E-state index contributed by atoms with van der Waals surface area (Å²) in [5.41, 5.74) is 7.21. The summed E-state index contributed by atoms with van der Waals surface area (Å²) in [5, 5.41) is 0. The molecule has 0 spiro atoms. The number of rotatable bonds is 10. The lowest BCUT2D eigenvalue weighted by atomic mass is 10.0. The first-order valence-electron chi connectivity index (χ1n) is 7.66. The van der Waals surface area contributed by atoms with E-state index in [0.717, 1.165) is 31.6 Å². The second-order valence-electron chi connectivity index (χ2n) is 5.66. The monoisotopic (exact) mass is 279 g/mol. The maximum absolute atomic E-state index is 5.97. The number of ether oxygens (including phenoxy) is 2. The Labute approximate surface area is 123 Å². The van der Waals surface area contributed by atoms with Crippen LogP contribution in [0.3, 0.4) is 0 Å². The molecule has 3 heteroatoms. The molecule has 0 bridgehead atoms. The van der Waals surface area contributed by atoms with Crippen molar-refractivity contribution in [2.45, 2.75) is 46.1 Å². The molecule has 1 atom stereocenters. The zero-order valence-corrected chi connectivity index (χ0v) is 13.1. The molecule has 1 rings (SSSR count). The maximum atomic E-state index is 5.97. The van der Waals surface area contributed by atoms with Crippen LogP contribution in [0.15, 0.2) is 24.3 Å². The molecule has 0 fully saturated rings. The molecule has 2 N–H and O–H groups in total. The lowest BCUT2D eigenvalue weighted by Crippen LogP contribution is -2.21. The lowest BCUT2D eigenvalue weighted by Gasteiger charge is -2.11. The summed E-state index contributed by atoms with van der Waals surface area (Å²) in [6.45, 7) is 8.57. The summed E-state index contributed by atoms with van der Waals surface area (Å²) in [5.74, 6) is 1.59. The van der Waals surface area contributed by atoms with Gasteiger partial charge in [-0.3, -0.25) is 0 Å². The summed E-state index contributed by atoms with van der Waals surface area (Å²) in [4.78, 5) is 0. The van der Waals surface area contributed by atoms with Gasteiger partial charge in [0.05, 0.1) is 6.61 Å². The van der Waals surface area contributed by atoms with Crippen LogP contribution >= 0.6 is 0 Å². The van der Waals surface area contributed by atoms with E-state index in [9.17, 15) is 0 Å². The van der Waals surface area contributed by atoms with Gasteiger partial charge in [-0.15, -0.1) is 0 Å². The normalized spacial score (nSPS) is 12.7. The maximum Gasteiger partial charge on any atom is 0.119 e. The van der Waals surface area contributed by atoms with E-state index >= 15 is 0 Å². The zero-order valence-electron chi connectivity index (χ0n) is 13.1. The van der Waals surface area contributed by atoms with Gasteiger partial charge in [0, 0.05) is 12.6 Å². The highest BCUT2D eigenvalue weighted by molar-refractivity contribution is 5.29. The van der Waals surface area contributed by atoms with Gasteiger partial charge < -0.3 is 15.2 Å². The summed E-state index contributed by atoms with van der Waals surface area (Å²) in [6.07, 6.45) is 3.00. The highest BCUT2D eigenvalue weighted by Gasteiger charge is 2.03. The molecule has 0 aromatic heterocycles. The van der Waals surface area contributed by atoms with Gasteiger partial charge in [-0.2, -0.15) is 0 Å². The molecule has 1 unspecified atom stereocenters. The van der Waals surface area contributed by atoms with Crippen LogP contribution < -0.4 is 10.5 Å². The second-order valence-corrected chi connectivity index (χ2v) is 5.66. The fourth-order valence-electron chi connectivity index (χ4n) is 1.85. The van der Waals surface area contributed by atoms with Crippen molar-refractivity contribution >= 4 is 0 Å². The average molecular weight is 279 g/mol. The third-order valence-corrected chi connectivity index (χ3v) is 3.26. The Hall–Kier alpha value is -1.06. The molecular formula is C17H29NO2. The van der Waals surface area contributed by atoms with Gasteiger partial charge in [0.15, 0.2) is 0 Å². The second kappa shape index (κ2) is 9.78. The van der Waals surface area contributed by atoms with Crippen LogP contribution in [0.2, 0.25) is 0 Å². The lowest BCUT2D eigenvalue weighted by molar-refractivity contribution is 0.0925. The Morgan fingerprint density at radius 3 is 2.65 bits per heavy atom. The summed E-state index contributed by atoms with van der Waals surface area (Å²) in [6, 6.07) is 8.40. The molecule has 0 aliphatic carbocycles. The Bertz CT molecular complexity index is 366. The third kappa shape index (κ3) is 7.51. The summed E-state index contributed by atoms with van der Waals surface area (Å²) >= 11 is 0. The van der Waals surface area contributed by atoms with Crippen LogP contribution in [-0.2, 0) is 11.2 Å². The van der Waals surface area contributed by atoms with E-state index in [-0.39, 0.29) is 6.04 Å². The number of nitrogens with two attached hydrogens (primary N) is 1. The van der Waals surface area contributed by atoms with Crippen LogP contribution in [0.1, 0.15) is 39.2 Å². The predicted molar refractivity (Wildman–Crippen MR) is 84.2 cm³/mol. The molecule has 0 amide bonds. The van der Waals surface area contributed by atoms with Crippen molar-refractivity contribution in [1.82, 2.24) is 0 Å². The van der Waals surface area contributed by atoms with E-state index < -0.39 is 0 Å². The van der Waals surface area contributed by atoms with Crippen molar-refractivity contribution in [2.75, 3.05) is 19.8 Å². The van der Waals surface area contributed by atoms with E-state index in [1.54, 1.807) is 0 Å². The molecule has 0 radical (unpaired) electrons. The van der Waals surface area contributed by atoms with Crippen molar-refractivity contribution in [3.8, 4) is 5.75 Å². The Kier molecular flexibility index (Phi) is 8.31. The first kappa shape index (κ1) is 17.0. The highest BCUT2D eigenvalue weighted by Crippen LogP contribution is 2.15. The van der Waals surface area contributed by atoms with E-state index in [1.165, 1.54) is 5.56 Å². The van der Waals surface area contributed by atoms with Gasteiger partial charge in [-0.1, -0.05) is 32.9 Å². The van der Waals surface area contributed by atoms with E-state index in [0.29, 0.717) is 19.1 Å².